The monoisotopic (exact) mass is 298 g/mol. The van der Waals surface area contributed by atoms with E-state index >= 15 is 0 Å². The molecule has 22 heavy (non-hydrogen) atoms. The Kier molecular flexibility index (Phi) is 4.66. The third-order valence-corrected chi connectivity index (χ3v) is 4.60. The molecule has 3 rings (SSSR count). The first-order valence-corrected chi connectivity index (χ1v) is 8.13. The molecule has 0 radical (unpaired) electrons. The summed E-state index contributed by atoms with van der Waals surface area (Å²) in [4.78, 5) is 20.3. The smallest absolute Gasteiger partial charge is 0.306 e. The summed E-state index contributed by atoms with van der Waals surface area (Å²) in [5.41, 5.74) is 2.18. The molecule has 1 saturated carbocycles. The molecule has 4 nitrogen and oxygen atoms in total. The van der Waals surface area contributed by atoms with Gasteiger partial charge in [0, 0.05) is 24.2 Å². The molecule has 0 saturated heterocycles. The van der Waals surface area contributed by atoms with E-state index in [9.17, 15) is 4.79 Å². The third-order valence-electron chi connectivity index (χ3n) is 4.60. The highest BCUT2D eigenvalue weighted by Crippen LogP contribution is 2.39. The van der Waals surface area contributed by atoms with E-state index in [-0.39, 0.29) is 5.97 Å². The highest BCUT2D eigenvalue weighted by Gasteiger charge is 2.25. The van der Waals surface area contributed by atoms with Gasteiger partial charge in [0.15, 0.2) is 5.65 Å². The lowest BCUT2D eigenvalue weighted by molar-refractivity contribution is -0.144. The van der Waals surface area contributed by atoms with Crippen molar-refractivity contribution >= 4 is 17.0 Å². The van der Waals surface area contributed by atoms with Crippen molar-refractivity contribution in [2.75, 3.05) is 6.61 Å². The SMILES string of the molecule is CCOC(=O)CC1CCC(c2ccnc3ncccc23)CC1. The summed E-state index contributed by atoms with van der Waals surface area (Å²) in [7, 11) is 0. The number of hydrogen-bond donors (Lipinski definition) is 0. The zero-order valence-corrected chi connectivity index (χ0v) is 13.0. The highest BCUT2D eigenvalue weighted by atomic mass is 16.5. The van der Waals surface area contributed by atoms with Crippen LogP contribution in [0.2, 0.25) is 0 Å². The van der Waals surface area contributed by atoms with E-state index in [1.807, 2.05) is 19.2 Å². The molecule has 2 aromatic rings. The second kappa shape index (κ2) is 6.86. The molecule has 0 bridgehead atoms. The van der Waals surface area contributed by atoms with Crippen LogP contribution in [0, 0.1) is 5.92 Å². The predicted molar refractivity (Wildman–Crippen MR) is 85.5 cm³/mol. The van der Waals surface area contributed by atoms with Crippen LogP contribution < -0.4 is 0 Å². The number of nitrogens with zero attached hydrogens (tertiary/aromatic N) is 2. The minimum absolute atomic E-state index is 0.0514. The molecule has 0 unspecified atom stereocenters. The van der Waals surface area contributed by atoms with Gasteiger partial charge in [-0.05, 0) is 68.2 Å². The zero-order chi connectivity index (χ0) is 15.4. The van der Waals surface area contributed by atoms with E-state index in [0.29, 0.717) is 24.9 Å². The summed E-state index contributed by atoms with van der Waals surface area (Å²) < 4.78 is 5.06. The summed E-state index contributed by atoms with van der Waals surface area (Å²) in [6.07, 6.45) is 8.64. The van der Waals surface area contributed by atoms with Crippen LogP contribution in [0.3, 0.4) is 0 Å². The first-order chi connectivity index (χ1) is 10.8. The van der Waals surface area contributed by atoms with Crippen LogP contribution in [0.4, 0.5) is 0 Å². The molecule has 116 valence electrons. The van der Waals surface area contributed by atoms with E-state index in [1.54, 1.807) is 6.20 Å². The molecule has 0 aromatic carbocycles. The van der Waals surface area contributed by atoms with Crippen molar-refractivity contribution in [2.45, 2.75) is 44.9 Å². The number of hydrogen-bond acceptors (Lipinski definition) is 4. The van der Waals surface area contributed by atoms with Crippen molar-refractivity contribution in [3.63, 3.8) is 0 Å². The van der Waals surface area contributed by atoms with Crippen molar-refractivity contribution < 1.29 is 9.53 Å². The van der Waals surface area contributed by atoms with Crippen LogP contribution in [-0.4, -0.2) is 22.5 Å². The summed E-state index contributed by atoms with van der Waals surface area (Å²) in [6.45, 7) is 2.33. The summed E-state index contributed by atoms with van der Waals surface area (Å²) in [5.74, 6) is 0.971. The van der Waals surface area contributed by atoms with Gasteiger partial charge in [-0.1, -0.05) is 0 Å². The Labute approximate surface area is 130 Å². The number of esters is 1. The maximum absolute atomic E-state index is 11.6. The standard InChI is InChI=1S/C18H22N2O2/c1-2-22-17(21)12-13-5-7-14(8-6-13)15-9-11-20-18-16(15)4-3-10-19-18/h3-4,9-11,13-14H,2,5-8,12H2,1H3. The second-order valence-electron chi connectivity index (χ2n) is 6.00. The van der Waals surface area contributed by atoms with Gasteiger partial charge in [-0.25, -0.2) is 9.97 Å². The van der Waals surface area contributed by atoms with Crippen LogP contribution in [-0.2, 0) is 9.53 Å². The number of pyridine rings is 2. The second-order valence-corrected chi connectivity index (χ2v) is 6.00. The van der Waals surface area contributed by atoms with Gasteiger partial charge in [0.25, 0.3) is 0 Å². The molecular formula is C18H22N2O2. The van der Waals surface area contributed by atoms with E-state index < -0.39 is 0 Å². The molecule has 2 heterocycles. The predicted octanol–water partition coefficient (Wildman–Crippen LogP) is 3.86. The maximum Gasteiger partial charge on any atom is 0.306 e. The van der Waals surface area contributed by atoms with Crippen LogP contribution in [0.1, 0.15) is 50.5 Å². The van der Waals surface area contributed by atoms with Crippen molar-refractivity contribution in [3.8, 4) is 0 Å². The van der Waals surface area contributed by atoms with E-state index in [2.05, 4.69) is 22.1 Å². The van der Waals surface area contributed by atoms with Crippen LogP contribution in [0.5, 0.6) is 0 Å². The Morgan fingerprint density at radius 3 is 2.73 bits per heavy atom. The number of carbonyl (C=O) groups is 1. The molecule has 4 heteroatoms. The molecule has 0 aliphatic heterocycles. The Bertz CT molecular complexity index is 643. The fourth-order valence-electron chi connectivity index (χ4n) is 3.49. The number of aromatic nitrogens is 2. The van der Waals surface area contributed by atoms with Gasteiger partial charge in [0.1, 0.15) is 0 Å². The van der Waals surface area contributed by atoms with Crippen molar-refractivity contribution in [2.24, 2.45) is 5.92 Å². The van der Waals surface area contributed by atoms with E-state index in [4.69, 9.17) is 4.74 Å². The van der Waals surface area contributed by atoms with Gasteiger partial charge in [-0.15, -0.1) is 0 Å². The molecular weight excluding hydrogens is 276 g/mol. The minimum atomic E-state index is -0.0514. The average molecular weight is 298 g/mol. The Morgan fingerprint density at radius 1 is 1.18 bits per heavy atom. The quantitative estimate of drug-likeness (QED) is 0.804. The van der Waals surface area contributed by atoms with Crippen molar-refractivity contribution in [1.82, 2.24) is 9.97 Å². The molecule has 2 aromatic heterocycles. The third kappa shape index (κ3) is 3.26. The summed E-state index contributed by atoms with van der Waals surface area (Å²) >= 11 is 0. The van der Waals surface area contributed by atoms with E-state index in [0.717, 1.165) is 31.3 Å². The lowest BCUT2D eigenvalue weighted by Crippen LogP contribution is -2.18. The lowest BCUT2D eigenvalue weighted by atomic mass is 9.77. The minimum Gasteiger partial charge on any atom is -0.466 e. The number of carbonyl (C=O) groups excluding carboxylic acids is 1. The first-order valence-electron chi connectivity index (χ1n) is 8.13. The average Bonchev–Trinajstić information content (AvgIpc) is 2.55. The Balaban J connectivity index is 1.67. The van der Waals surface area contributed by atoms with E-state index in [1.165, 1.54) is 10.9 Å². The topological polar surface area (TPSA) is 52.1 Å². The van der Waals surface area contributed by atoms with Crippen LogP contribution in [0.15, 0.2) is 30.6 Å². The molecule has 0 amide bonds. The van der Waals surface area contributed by atoms with Gasteiger partial charge >= 0.3 is 5.97 Å². The summed E-state index contributed by atoms with van der Waals surface area (Å²) in [6, 6.07) is 6.20. The van der Waals surface area contributed by atoms with Gasteiger partial charge in [-0.3, -0.25) is 4.79 Å². The fourth-order valence-corrected chi connectivity index (χ4v) is 3.49. The van der Waals surface area contributed by atoms with Crippen LogP contribution in [0.25, 0.3) is 11.0 Å². The van der Waals surface area contributed by atoms with Gasteiger partial charge < -0.3 is 4.74 Å². The Hall–Kier alpha value is -1.97. The maximum atomic E-state index is 11.6. The van der Waals surface area contributed by atoms with Crippen molar-refractivity contribution in [3.05, 3.63) is 36.2 Å². The lowest BCUT2D eigenvalue weighted by Gasteiger charge is -2.28. The van der Waals surface area contributed by atoms with Crippen molar-refractivity contribution in [1.29, 1.82) is 0 Å². The number of fused-ring (bicyclic) bond motifs is 1. The van der Waals surface area contributed by atoms with Gasteiger partial charge in [0.05, 0.1) is 6.61 Å². The first kappa shape index (κ1) is 14.9. The van der Waals surface area contributed by atoms with Gasteiger partial charge in [0.2, 0.25) is 0 Å². The molecule has 1 fully saturated rings. The summed E-state index contributed by atoms with van der Waals surface area (Å²) in [5, 5.41) is 1.17. The highest BCUT2D eigenvalue weighted by molar-refractivity contribution is 5.78. The molecule has 1 aliphatic carbocycles. The molecule has 1 aliphatic rings. The Morgan fingerprint density at radius 2 is 1.95 bits per heavy atom. The largest absolute Gasteiger partial charge is 0.466 e. The number of rotatable bonds is 4. The van der Waals surface area contributed by atoms with Gasteiger partial charge in [-0.2, -0.15) is 0 Å². The molecule has 0 N–H and O–H groups in total. The van der Waals surface area contributed by atoms with Crippen LogP contribution >= 0.6 is 0 Å². The number of ether oxygens (including phenoxy) is 1. The molecule has 0 spiro atoms. The normalized spacial score (nSPS) is 21.7. The zero-order valence-electron chi connectivity index (χ0n) is 13.0. The molecule has 0 atom stereocenters. The fraction of sp³-hybridized carbons (Fsp3) is 0.500.